The molecule has 0 unspecified atom stereocenters. The van der Waals surface area contributed by atoms with Gasteiger partial charge in [0.25, 0.3) is 0 Å². The molecule has 3 aromatic heterocycles. The molecule has 3 rings (SSSR count). The van der Waals surface area contributed by atoms with Crippen molar-refractivity contribution in [2.75, 3.05) is 0 Å². The van der Waals surface area contributed by atoms with E-state index in [2.05, 4.69) is 25.4 Å². The Morgan fingerprint density at radius 3 is 3.10 bits per heavy atom. The van der Waals surface area contributed by atoms with Gasteiger partial charge >= 0.3 is 11.8 Å². The van der Waals surface area contributed by atoms with E-state index < -0.39 is 5.91 Å². The topological polar surface area (TPSA) is 93.8 Å². The first kappa shape index (κ1) is 12.4. The number of hydrogen-bond acceptors (Lipinski definition) is 7. The number of carbonyl (C=O) groups excluding carboxylic acids is 1. The highest BCUT2D eigenvalue weighted by atomic mass is 32.1. The largest absolute Gasteiger partial charge is 0.343 e. The van der Waals surface area contributed by atoms with Gasteiger partial charge < -0.3 is 9.84 Å². The van der Waals surface area contributed by atoms with Crippen molar-refractivity contribution in [3.8, 4) is 11.5 Å². The lowest BCUT2D eigenvalue weighted by molar-refractivity contribution is 0.0907. The van der Waals surface area contributed by atoms with Crippen molar-refractivity contribution in [1.82, 2.24) is 25.4 Å². The second-order valence-electron chi connectivity index (χ2n) is 3.78. The van der Waals surface area contributed by atoms with Crippen LogP contribution in [0.1, 0.15) is 15.6 Å². The summed E-state index contributed by atoms with van der Waals surface area (Å²) in [6.07, 6.45) is 4.55. The minimum absolute atomic E-state index is 0.0952. The van der Waals surface area contributed by atoms with Crippen LogP contribution in [-0.2, 0) is 6.54 Å². The van der Waals surface area contributed by atoms with Crippen LogP contribution in [0.4, 0.5) is 0 Å². The molecule has 0 aliphatic carbocycles. The van der Waals surface area contributed by atoms with Crippen LogP contribution >= 0.6 is 11.3 Å². The van der Waals surface area contributed by atoms with Crippen molar-refractivity contribution in [1.29, 1.82) is 0 Å². The second-order valence-corrected chi connectivity index (χ2v) is 4.81. The summed E-state index contributed by atoms with van der Waals surface area (Å²) < 4.78 is 4.91. The molecule has 3 heterocycles. The summed E-state index contributed by atoms with van der Waals surface area (Å²) in [5.74, 6) is -0.275. The Labute approximate surface area is 117 Å². The Bertz CT molecular complexity index is 696. The minimum Gasteiger partial charge on any atom is -0.343 e. The molecule has 0 aromatic carbocycles. The van der Waals surface area contributed by atoms with Crippen molar-refractivity contribution in [2.24, 2.45) is 0 Å². The number of rotatable bonds is 4. The fourth-order valence-electron chi connectivity index (χ4n) is 1.49. The molecule has 0 aliphatic heterocycles. The smallest absolute Gasteiger partial charge is 0.316 e. The maximum Gasteiger partial charge on any atom is 0.316 e. The van der Waals surface area contributed by atoms with E-state index in [4.69, 9.17) is 4.52 Å². The average molecular weight is 287 g/mol. The second kappa shape index (κ2) is 5.57. The van der Waals surface area contributed by atoms with E-state index in [0.29, 0.717) is 12.2 Å². The molecule has 0 fully saturated rings. The van der Waals surface area contributed by atoms with Gasteiger partial charge in [0.15, 0.2) is 0 Å². The zero-order valence-corrected chi connectivity index (χ0v) is 11.0. The zero-order chi connectivity index (χ0) is 13.8. The van der Waals surface area contributed by atoms with Crippen molar-refractivity contribution in [3.63, 3.8) is 0 Å². The van der Waals surface area contributed by atoms with Crippen LogP contribution in [0.2, 0.25) is 0 Å². The number of thiophene rings is 1. The van der Waals surface area contributed by atoms with Crippen LogP contribution in [0.5, 0.6) is 0 Å². The summed E-state index contributed by atoms with van der Waals surface area (Å²) in [5.41, 5.74) is 0.452. The fourth-order valence-corrected chi connectivity index (χ4v) is 2.14. The number of aromatic nitrogens is 4. The van der Waals surface area contributed by atoms with Crippen molar-refractivity contribution in [3.05, 3.63) is 46.9 Å². The number of nitrogens with zero attached hydrogens (tertiary/aromatic N) is 4. The first-order valence-electron chi connectivity index (χ1n) is 5.73. The predicted molar refractivity (Wildman–Crippen MR) is 70.8 cm³/mol. The van der Waals surface area contributed by atoms with E-state index in [1.807, 2.05) is 17.5 Å². The van der Waals surface area contributed by atoms with Gasteiger partial charge in [-0.3, -0.25) is 9.78 Å². The number of amides is 1. The highest BCUT2D eigenvalue weighted by molar-refractivity contribution is 7.09. The standard InChI is InChI=1S/C12H9N5O2S/c18-11(15-6-8-2-1-5-20-8)12-16-10(17-19-12)9-7-13-3-4-14-9/h1-5,7H,6H2,(H,15,18). The lowest BCUT2D eigenvalue weighted by Gasteiger charge is -1.98. The molecule has 0 aliphatic rings. The van der Waals surface area contributed by atoms with Gasteiger partial charge in [-0.2, -0.15) is 4.98 Å². The van der Waals surface area contributed by atoms with Crippen molar-refractivity contribution < 1.29 is 9.32 Å². The molecule has 0 bridgehead atoms. The third-order valence-corrected chi connectivity index (χ3v) is 3.29. The predicted octanol–water partition coefficient (Wildman–Crippen LogP) is 1.52. The van der Waals surface area contributed by atoms with Crippen LogP contribution in [0.15, 0.2) is 40.6 Å². The Hall–Kier alpha value is -2.61. The molecular formula is C12H9N5O2S. The van der Waals surface area contributed by atoms with Crippen LogP contribution < -0.4 is 5.32 Å². The third kappa shape index (κ3) is 2.69. The summed E-state index contributed by atoms with van der Waals surface area (Å²) in [6, 6.07) is 3.86. The fraction of sp³-hybridized carbons (Fsp3) is 0.0833. The molecule has 1 amide bonds. The number of carbonyl (C=O) groups is 1. The van der Waals surface area contributed by atoms with Crippen LogP contribution in [0, 0.1) is 0 Å². The molecule has 8 heteroatoms. The molecule has 3 aromatic rings. The Balaban J connectivity index is 1.69. The van der Waals surface area contributed by atoms with Gasteiger partial charge in [0, 0.05) is 17.3 Å². The highest BCUT2D eigenvalue weighted by Gasteiger charge is 2.16. The zero-order valence-electron chi connectivity index (χ0n) is 10.2. The van der Waals surface area contributed by atoms with Crippen LogP contribution in [0.25, 0.3) is 11.5 Å². The van der Waals surface area contributed by atoms with Crippen molar-refractivity contribution >= 4 is 17.2 Å². The van der Waals surface area contributed by atoms with E-state index in [9.17, 15) is 4.79 Å². The summed E-state index contributed by atoms with van der Waals surface area (Å²) in [7, 11) is 0. The molecule has 100 valence electrons. The third-order valence-electron chi connectivity index (χ3n) is 2.42. The maximum atomic E-state index is 11.8. The Morgan fingerprint density at radius 1 is 1.40 bits per heavy atom. The van der Waals surface area contributed by atoms with Crippen molar-refractivity contribution in [2.45, 2.75) is 6.54 Å². The first-order chi connectivity index (χ1) is 9.83. The van der Waals surface area contributed by atoms with Gasteiger partial charge in [-0.05, 0) is 11.4 Å². The Morgan fingerprint density at radius 2 is 2.35 bits per heavy atom. The molecule has 7 nitrogen and oxygen atoms in total. The Kier molecular flexibility index (Phi) is 3.46. The lowest BCUT2D eigenvalue weighted by atomic mass is 10.4. The normalized spacial score (nSPS) is 10.4. The maximum absolute atomic E-state index is 11.8. The minimum atomic E-state index is -0.416. The van der Waals surface area contributed by atoms with Gasteiger partial charge in [0.05, 0.1) is 12.7 Å². The van der Waals surface area contributed by atoms with E-state index in [0.717, 1.165) is 4.88 Å². The van der Waals surface area contributed by atoms with Gasteiger partial charge in [-0.25, -0.2) is 4.98 Å². The molecule has 20 heavy (non-hydrogen) atoms. The van der Waals surface area contributed by atoms with Gasteiger partial charge in [-0.1, -0.05) is 11.2 Å². The van der Waals surface area contributed by atoms with E-state index in [1.54, 1.807) is 11.3 Å². The van der Waals surface area contributed by atoms with Gasteiger partial charge in [0.2, 0.25) is 5.82 Å². The molecular weight excluding hydrogens is 278 g/mol. The molecule has 0 radical (unpaired) electrons. The molecule has 0 saturated heterocycles. The van der Waals surface area contributed by atoms with Gasteiger partial charge in [-0.15, -0.1) is 11.3 Å². The molecule has 0 saturated carbocycles. The first-order valence-corrected chi connectivity index (χ1v) is 6.61. The lowest BCUT2D eigenvalue weighted by Crippen LogP contribution is -2.22. The van der Waals surface area contributed by atoms with E-state index in [-0.39, 0.29) is 11.7 Å². The number of hydrogen-bond donors (Lipinski definition) is 1. The van der Waals surface area contributed by atoms with Gasteiger partial charge in [0.1, 0.15) is 5.69 Å². The summed E-state index contributed by atoms with van der Waals surface area (Å²) in [4.78, 5) is 24.8. The van der Waals surface area contributed by atoms with Crippen LogP contribution in [0.3, 0.4) is 0 Å². The van der Waals surface area contributed by atoms with E-state index >= 15 is 0 Å². The van der Waals surface area contributed by atoms with Crippen LogP contribution in [-0.4, -0.2) is 26.0 Å². The molecule has 0 atom stereocenters. The summed E-state index contributed by atoms with van der Waals surface area (Å²) in [6.45, 7) is 0.430. The summed E-state index contributed by atoms with van der Waals surface area (Å²) in [5, 5.41) is 8.36. The SMILES string of the molecule is O=C(NCc1cccs1)c1nc(-c2cnccn2)no1. The van der Waals surface area contributed by atoms with E-state index in [1.165, 1.54) is 18.6 Å². The monoisotopic (exact) mass is 287 g/mol. The number of nitrogens with one attached hydrogen (secondary N) is 1. The quantitative estimate of drug-likeness (QED) is 0.781. The average Bonchev–Trinajstić information content (AvgIpc) is 3.17. The highest BCUT2D eigenvalue weighted by Crippen LogP contribution is 2.11. The molecule has 0 spiro atoms. The molecule has 1 N–H and O–H groups in total. The summed E-state index contributed by atoms with van der Waals surface area (Å²) >= 11 is 1.56.